The lowest BCUT2D eigenvalue weighted by atomic mass is 9.92. The lowest BCUT2D eigenvalue weighted by Gasteiger charge is -2.41. The molecule has 12 heteroatoms. The number of aromatic nitrogens is 1. The van der Waals surface area contributed by atoms with Gasteiger partial charge >= 0.3 is 0 Å². The van der Waals surface area contributed by atoms with E-state index in [-0.39, 0.29) is 33.9 Å². The summed E-state index contributed by atoms with van der Waals surface area (Å²) < 4.78 is 63.7. The molecule has 2 aliphatic rings. The van der Waals surface area contributed by atoms with Gasteiger partial charge in [-0.05, 0) is 62.4 Å². The van der Waals surface area contributed by atoms with Crippen LogP contribution in [-0.4, -0.2) is 69.0 Å². The summed E-state index contributed by atoms with van der Waals surface area (Å²) in [6, 6.07) is 11.0. The average molecular weight is 637 g/mol. The van der Waals surface area contributed by atoms with Gasteiger partial charge in [-0.15, -0.1) is 0 Å². The van der Waals surface area contributed by atoms with E-state index in [0.717, 1.165) is 44.3 Å². The summed E-state index contributed by atoms with van der Waals surface area (Å²) in [5.74, 6) is -1.09. The maximum absolute atomic E-state index is 15.9. The molecule has 3 aromatic rings. The van der Waals surface area contributed by atoms with Gasteiger partial charge in [-0.25, -0.2) is 13.8 Å². The van der Waals surface area contributed by atoms with Crippen LogP contribution in [0.15, 0.2) is 47.4 Å². The Morgan fingerprint density at radius 3 is 2.49 bits per heavy atom. The third-order valence-electron chi connectivity index (χ3n) is 8.43. The van der Waals surface area contributed by atoms with E-state index in [1.807, 2.05) is 4.90 Å². The molecular formula is C31H36ClF3N4O3S. The van der Waals surface area contributed by atoms with Crippen LogP contribution in [-0.2, 0) is 11.3 Å². The number of nitrogens with zero attached hydrogens (tertiary/aromatic N) is 4. The van der Waals surface area contributed by atoms with E-state index in [4.69, 9.17) is 25.8 Å². The molecule has 2 aromatic carbocycles. The number of piperidine rings is 1. The standard InChI is InChI=1S/C31H36ClF3N4O3S/c1-31(42-4)11-14-37(15-12-31)21-10-13-38(19-21)24-17-23(33)30(29(35)28(24)32)43-39(27-7-5-6-26(34)36-27)18-20-8-9-22(40-2)16-25(20)41-3/h5-9,16-17,21H,10-15,18-19H2,1-4H3. The second-order valence-corrected chi connectivity index (χ2v) is 12.4. The van der Waals surface area contributed by atoms with Gasteiger partial charge in [0.2, 0.25) is 5.95 Å². The van der Waals surface area contributed by atoms with Gasteiger partial charge in [-0.3, -0.25) is 9.21 Å². The summed E-state index contributed by atoms with van der Waals surface area (Å²) in [6.07, 6.45) is 2.76. The van der Waals surface area contributed by atoms with Gasteiger partial charge in [0.25, 0.3) is 0 Å². The van der Waals surface area contributed by atoms with Crippen molar-refractivity contribution in [2.24, 2.45) is 0 Å². The molecule has 2 saturated heterocycles. The van der Waals surface area contributed by atoms with Crippen molar-refractivity contribution in [1.29, 1.82) is 0 Å². The second kappa shape index (κ2) is 13.4. The lowest BCUT2D eigenvalue weighted by Crippen LogP contribution is -2.48. The Balaban J connectivity index is 1.38. The Labute approximate surface area is 260 Å². The number of anilines is 2. The SMILES string of the molecule is COc1ccc(CN(Sc2c(F)cc(N3CCC(N4CCC(C)(OC)CC4)C3)c(Cl)c2F)c2cccc(F)n2)c(OC)c1. The highest BCUT2D eigenvalue weighted by Gasteiger charge is 2.36. The van der Waals surface area contributed by atoms with Crippen LogP contribution in [0.2, 0.25) is 5.02 Å². The van der Waals surface area contributed by atoms with Gasteiger partial charge in [-0.1, -0.05) is 17.7 Å². The first kappa shape index (κ1) is 31.6. The summed E-state index contributed by atoms with van der Waals surface area (Å²) in [5.41, 5.74) is 0.900. The monoisotopic (exact) mass is 636 g/mol. The number of benzene rings is 2. The molecule has 1 aromatic heterocycles. The fourth-order valence-electron chi connectivity index (χ4n) is 5.65. The summed E-state index contributed by atoms with van der Waals surface area (Å²) in [7, 11) is 4.81. The molecule has 2 aliphatic heterocycles. The van der Waals surface area contributed by atoms with Gasteiger partial charge in [0.05, 0.1) is 32.1 Å². The van der Waals surface area contributed by atoms with Gasteiger partial charge in [0, 0.05) is 57.0 Å². The molecule has 2 fully saturated rings. The molecule has 0 aliphatic carbocycles. The van der Waals surface area contributed by atoms with E-state index >= 15 is 8.78 Å². The van der Waals surface area contributed by atoms with E-state index in [2.05, 4.69) is 16.8 Å². The van der Waals surface area contributed by atoms with Gasteiger partial charge in [0.1, 0.15) is 33.1 Å². The Bertz CT molecular complexity index is 1440. The van der Waals surface area contributed by atoms with Crippen molar-refractivity contribution < 1.29 is 27.4 Å². The van der Waals surface area contributed by atoms with Crippen molar-refractivity contribution in [2.75, 3.05) is 56.7 Å². The first-order chi connectivity index (χ1) is 20.6. The van der Waals surface area contributed by atoms with Crippen LogP contribution in [0.1, 0.15) is 31.7 Å². The first-order valence-electron chi connectivity index (χ1n) is 14.2. The quantitative estimate of drug-likeness (QED) is 0.134. The molecule has 1 atom stereocenters. The van der Waals surface area contributed by atoms with Crippen LogP contribution in [0, 0.1) is 17.6 Å². The zero-order valence-electron chi connectivity index (χ0n) is 24.7. The number of rotatable bonds is 10. The highest BCUT2D eigenvalue weighted by atomic mass is 35.5. The average Bonchev–Trinajstić information content (AvgIpc) is 3.51. The summed E-state index contributed by atoms with van der Waals surface area (Å²) in [5, 5.41) is -0.149. The Morgan fingerprint density at radius 1 is 1.05 bits per heavy atom. The normalized spacial score (nSPS) is 18.6. The maximum atomic E-state index is 15.9. The van der Waals surface area contributed by atoms with Crippen LogP contribution in [0.25, 0.3) is 0 Å². The summed E-state index contributed by atoms with van der Waals surface area (Å²) in [6.45, 7) is 5.33. The third-order valence-corrected chi connectivity index (χ3v) is 9.88. The summed E-state index contributed by atoms with van der Waals surface area (Å²) in [4.78, 5) is 8.03. The van der Waals surface area contributed by atoms with E-state index in [0.29, 0.717) is 35.8 Å². The number of likely N-dealkylation sites (tertiary alicyclic amines) is 1. The molecule has 5 rings (SSSR count). The summed E-state index contributed by atoms with van der Waals surface area (Å²) >= 11 is 7.34. The zero-order valence-corrected chi connectivity index (χ0v) is 26.3. The van der Waals surface area contributed by atoms with Crippen molar-refractivity contribution in [2.45, 2.75) is 49.3 Å². The van der Waals surface area contributed by atoms with E-state index in [9.17, 15) is 4.39 Å². The number of hydrogen-bond acceptors (Lipinski definition) is 8. The Kier molecular flexibility index (Phi) is 9.85. The molecule has 3 heterocycles. The lowest BCUT2D eigenvalue weighted by molar-refractivity contribution is -0.0486. The minimum absolute atomic E-state index is 0.0955. The number of methoxy groups -OCH3 is 3. The Hall–Kier alpha value is -2.86. The van der Waals surface area contributed by atoms with Crippen LogP contribution in [0.4, 0.5) is 24.7 Å². The molecule has 0 radical (unpaired) electrons. The van der Waals surface area contributed by atoms with Crippen molar-refractivity contribution in [3.8, 4) is 11.5 Å². The minimum atomic E-state index is -0.873. The van der Waals surface area contributed by atoms with Crippen LogP contribution >= 0.6 is 23.5 Å². The highest BCUT2D eigenvalue weighted by Crippen LogP contribution is 2.42. The molecule has 43 heavy (non-hydrogen) atoms. The first-order valence-corrected chi connectivity index (χ1v) is 15.3. The fourth-order valence-corrected chi connectivity index (χ4v) is 6.92. The number of hydrogen-bond donors (Lipinski definition) is 0. The molecule has 0 N–H and O–H groups in total. The largest absolute Gasteiger partial charge is 0.497 e. The second-order valence-electron chi connectivity index (χ2n) is 11.0. The van der Waals surface area contributed by atoms with E-state index < -0.39 is 17.6 Å². The number of pyridine rings is 1. The number of halogens is 4. The highest BCUT2D eigenvalue weighted by molar-refractivity contribution is 8.00. The van der Waals surface area contributed by atoms with Crippen LogP contribution in [0.5, 0.6) is 11.5 Å². The van der Waals surface area contributed by atoms with Crippen molar-refractivity contribution >= 4 is 35.1 Å². The van der Waals surface area contributed by atoms with Crippen molar-refractivity contribution in [1.82, 2.24) is 9.88 Å². The topological polar surface area (TPSA) is 50.3 Å². The number of ether oxygens (including phenoxy) is 3. The van der Waals surface area contributed by atoms with Crippen molar-refractivity contribution in [3.63, 3.8) is 0 Å². The molecule has 0 amide bonds. The van der Waals surface area contributed by atoms with Crippen molar-refractivity contribution in [3.05, 3.63) is 70.6 Å². The predicted molar refractivity (Wildman–Crippen MR) is 164 cm³/mol. The maximum Gasteiger partial charge on any atom is 0.214 e. The van der Waals surface area contributed by atoms with E-state index in [1.165, 1.54) is 29.6 Å². The molecule has 232 valence electrons. The van der Waals surface area contributed by atoms with E-state index in [1.54, 1.807) is 38.5 Å². The fraction of sp³-hybridized carbons (Fsp3) is 0.452. The Morgan fingerprint density at radius 2 is 1.81 bits per heavy atom. The molecular weight excluding hydrogens is 601 g/mol. The zero-order chi connectivity index (χ0) is 30.7. The molecule has 0 spiro atoms. The van der Waals surface area contributed by atoms with Gasteiger partial charge in [0.15, 0.2) is 5.82 Å². The van der Waals surface area contributed by atoms with Gasteiger partial charge in [-0.2, -0.15) is 4.39 Å². The van der Waals surface area contributed by atoms with Crippen LogP contribution < -0.4 is 18.7 Å². The van der Waals surface area contributed by atoms with Gasteiger partial charge < -0.3 is 19.1 Å². The predicted octanol–water partition coefficient (Wildman–Crippen LogP) is 6.96. The molecule has 0 saturated carbocycles. The molecule has 7 nitrogen and oxygen atoms in total. The third kappa shape index (κ3) is 6.95. The smallest absolute Gasteiger partial charge is 0.214 e. The molecule has 0 bridgehead atoms. The van der Waals surface area contributed by atoms with Crippen LogP contribution in [0.3, 0.4) is 0 Å². The molecule has 1 unspecified atom stereocenters. The minimum Gasteiger partial charge on any atom is -0.497 e.